The lowest BCUT2D eigenvalue weighted by atomic mass is 10.2. The summed E-state index contributed by atoms with van der Waals surface area (Å²) in [4.78, 5) is 11.5. The second-order valence-corrected chi connectivity index (χ2v) is 5.91. The molecular weight excluding hydrogens is 224 g/mol. The number of nitrogens with one attached hydrogen (secondary N) is 2. The fourth-order valence-electron chi connectivity index (χ4n) is 1.35. The second kappa shape index (κ2) is 8.70. The van der Waals surface area contributed by atoms with Crippen LogP contribution >= 0.6 is 0 Å². The predicted octanol–water partition coefficient (Wildman–Crippen LogP) is 0.648. The fourth-order valence-corrected chi connectivity index (χ4v) is 1.80. The molecule has 4 nitrogen and oxygen atoms in total. The monoisotopic (exact) mass is 248 g/mol. The third kappa shape index (κ3) is 7.82. The molecule has 0 fully saturated rings. The van der Waals surface area contributed by atoms with Crippen molar-refractivity contribution in [3.63, 3.8) is 0 Å². The van der Waals surface area contributed by atoms with Crippen LogP contribution in [-0.4, -0.2) is 40.8 Å². The number of hydrogen-bond acceptors (Lipinski definition) is 3. The van der Waals surface area contributed by atoms with Crippen LogP contribution in [0.3, 0.4) is 0 Å². The van der Waals surface area contributed by atoms with Crippen molar-refractivity contribution in [3.8, 4) is 0 Å². The van der Waals surface area contributed by atoms with Gasteiger partial charge in [0.1, 0.15) is 0 Å². The minimum absolute atomic E-state index is 0.0579. The highest BCUT2D eigenvalue weighted by atomic mass is 32.2. The highest BCUT2D eigenvalue weighted by Gasteiger charge is 2.09. The Morgan fingerprint density at radius 3 is 2.50 bits per heavy atom. The minimum atomic E-state index is -0.802. The first-order valence-corrected chi connectivity index (χ1v) is 7.41. The van der Waals surface area contributed by atoms with E-state index in [4.69, 9.17) is 0 Å². The van der Waals surface area contributed by atoms with Crippen LogP contribution in [-0.2, 0) is 15.6 Å². The number of amides is 1. The van der Waals surface area contributed by atoms with Crippen LogP contribution in [0.5, 0.6) is 0 Å². The summed E-state index contributed by atoms with van der Waals surface area (Å²) in [6.45, 7) is 7.43. The van der Waals surface area contributed by atoms with Crippen LogP contribution in [0.25, 0.3) is 0 Å². The highest BCUT2D eigenvalue weighted by molar-refractivity contribution is 7.84. The third-order valence-corrected chi connectivity index (χ3v) is 3.85. The molecule has 0 aromatic carbocycles. The summed E-state index contributed by atoms with van der Waals surface area (Å²) in [5.41, 5.74) is 0. The molecule has 0 radical (unpaired) electrons. The topological polar surface area (TPSA) is 58.2 Å². The molecule has 3 atom stereocenters. The smallest absolute Gasteiger partial charge is 0.221 e. The van der Waals surface area contributed by atoms with Gasteiger partial charge in [-0.2, -0.15) is 0 Å². The Morgan fingerprint density at radius 1 is 1.38 bits per heavy atom. The van der Waals surface area contributed by atoms with Crippen LogP contribution in [0, 0.1) is 0 Å². The van der Waals surface area contributed by atoms with Crippen molar-refractivity contribution in [1.82, 2.24) is 10.6 Å². The summed E-state index contributed by atoms with van der Waals surface area (Å²) in [6.07, 6.45) is 2.96. The van der Waals surface area contributed by atoms with Gasteiger partial charge in [0.05, 0.1) is 0 Å². The normalized spacial score (nSPS) is 16.5. The molecule has 0 bridgehead atoms. The number of hydrogen-bond donors (Lipinski definition) is 2. The van der Waals surface area contributed by atoms with Gasteiger partial charge in [0.15, 0.2) is 0 Å². The van der Waals surface area contributed by atoms with Crippen molar-refractivity contribution in [3.05, 3.63) is 0 Å². The fraction of sp³-hybridized carbons (Fsp3) is 0.909. The van der Waals surface area contributed by atoms with E-state index >= 15 is 0 Å². The Hall–Kier alpha value is -0.420. The van der Waals surface area contributed by atoms with Gasteiger partial charge in [0.25, 0.3) is 0 Å². The van der Waals surface area contributed by atoms with E-state index in [9.17, 15) is 9.00 Å². The highest BCUT2D eigenvalue weighted by Crippen LogP contribution is 1.97. The van der Waals surface area contributed by atoms with Gasteiger partial charge in [-0.15, -0.1) is 0 Å². The van der Waals surface area contributed by atoms with E-state index in [0.29, 0.717) is 13.0 Å². The first kappa shape index (κ1) is 15.6. The van der Waals surface area contributed by atoms with E-state index in [0.717, 1.165) is 13.0 Å². The van der Waals surface area contributed by atoms with E-state index in [2.05, 4.69) is 10.6 Å². The van der Waals surface area contributed by atoms with Crippen LogP contribution in [0.4, 0.5) is 0 Å². The average molecular weight is 248 g/mol. The molecule has 5 heteroatoms. The molecule has 1 amide bonds. The van der Waals surface area contributed by atoms with Crippen molar-refractivity contribution < 1.29 is 9.00 Å². The van der Waals surface area contributed by atoms with Crippen molar-refractivity contribution in [2.75, 3.05) is 19.3 Å². The Balaban J connectivity index is 3.62. The van der Waals surface area contributed by atoms with Gasteiger partial charge in [-0.3, -0.25) is 9.00 Å². The van der Waals surface area contributed by atoms with Crippen molar-refractivity contribution in [2.45, 2.75) is 44.9 Å². The van der Waals surface area contributed by atoms with E-state index in [-0.39, 0.29) is 17.2 Å². The largest absolute Gasteiger partial charge is 0.356 e. The van der Waals surface area contributed by atoms with Gasteiger partial charge < -0.3 is 10.6 Å². The molecule has 0 aromatic rings. The first-order chi connectivity index (χ1) is 7.47. The van der Waals surface area contributed by atoms with Crippen LogP contribution < -0.4 is 10.6 Å². The Morgan fingerprint density at radius 2 is 2.00 bits per heavy atom. The molecule has 3 unspecified atom stereocenters. The maximum Gasteiger partial charge on any atom is 0.221 e. The maximum absolute atomic E-state index is 11.5. The zero-order chi connectivity index (χ0) is 12.6. The van der Waals surface area contributed by atoms with E-state index in [1.807, 2.05) is 20.8 Å². The summed E-state index contributed by atoms with van der Waals surface area (Å²) >= 11 is 0. The lowest BCUT2D eigenvalue weighted by Crippen LogP contribution is -2.34. The Bertz CT molecular complexity index is 234. The molecule has 0 spiro atoms. The lowest BCUT2D eigenvalue weighted by Gasteiger charge is -2.13. The van der Waals surface area contributed by atoms with Gasteiger partial charge in [0, 0.05) is 41.3 Å². The zero-order valence-electron chi connectivity index (χ0n) is 10.7. The predicted molar refractivity (Wildman–Crippen MR) is 68.9 cm³/mol. The molecule has 0 aromatic heterocycles. The molecule has 96 valence electrons. The number of rotatable bonds is 8. The molecule has 0 saturated carbocycles. The third-order valence-electron chi connectivity index (χ3n) is 2.48. The van der Waals surface area contributed by atoms with Crippen molar-refractivity contribution in [2.24, 2.45) is 0 Å². The van der Waals surface area contributed by atoms with E-state index in [1.165, 1.54) is 0 Å². The average Bonchev–Trinajstić information content (AvgIpc) is 2.17. The summed E-state index contributed by atoms with van der Waals surface area (Å²) in [7, 11) is -0.802. The van der Waals surface area contributed by atoms with Crippen LogP contribution in [0.15, 0.2) is 0 Å². The van der Waals surface area contributed by atoms with Gasteiger partial charge in [-0.1, -0.05) is 13.8 Å². The van der Waals surface area contributed by atoms with E-state index in [1.54, 1.807) is 6.26 Å². The molecule has 0 heterocycles. The second-order valence-electron chi connectivity index (χ2n) is 4.11. The molecule has 16 heavy (non-hydrogen) atoms. The summed E-state index contributed by atoms with van der Waals surface area (Å²) in [5, 5.41) is 6.17. The Kier molecular flexibility index (Phi) is 8.47. The van der Waals surface area contributed by atoms with Gasteiger partial charge in [-0.05, 0) is 19.9 Å². The van der Waals surface area contributed by atoms with Gasteiger partial charge in [0.2, 0.25) is 5.91 Å². The van der Waals surface area contributed by atoms with Crippen LogP contribution in [0.1, 0.15) is 33.6 Å². The lowest BCUT2D eigenvalue weighted by molar-refractivity contribution is -0.121. The molecular formula is C11H24N2O2S. The summed E-state index contributed by atoms with van der Waals surface area (Å²) < 4.78 is 11.1. The van der Waals surface area contributed by atoms with Gasteiger partial charge in [-0.25, -0.2) is 0 Å². The van der Waals surface area contributed by atoms with Crippen LogP contribution in [0.2, 0.25) is 0 Å². The molecule has 0 aliphatic rings. The number of carbonyl (C=O) groups excluding carboxylic acids is 1. The Labute approximate surface area is 101 Å². The number of carbonyl (C=O) groups is 1. The molecule has 0 aliphatic heterocycles. The maximum atomic E-state index is 11.5. The van der Waals surface area contributed by atoms with Gasteiger partial charge >= 0.3 is 0 Å². The standard InChI is InChI=1S/C11H24N2O2S/c1-5-12-9(2)8-11(14)13-7-6-10(3)16(4)15/h9-10,12H,5-8H2,1-4H3,(H,13,14). The SMILES string of the molecule is CCNC(C)CC(=O)NCCC(C)S(C)=O. The van der Waals surface area contributed by atoms with Crippen molar-refractivity contribution in [1.29, 1.82) is 0 Å². The zero-order valence-corrected chi connectivity index (χ0v) is 11.5. The summed E-state index contributed by atoms with van der Waals surface area (Å²) in [5.74, 6) is 0.0579. The minimum Gasteiger partial charge on any atom is -0.356 e. The molecule has 0 saturated heterocycles. The summed E-state index contributed by atoms with van der Waals surface area (Å²) in [6, 6.07) is 0.211. The van der Waals surface area contributed by atoms with E-state index < -0.39 is 10.8 Å². The molecule has 2 N–H and O–H groups in total. The molecule has 0 rings (SSSR count). The first-order valence-electron chi connectivity index (χ1n) is 5.79. The molecule has 0 aliphatic carbocycles. The van der Waals surface area contributed by atoms with Crippen molar-refractivity contribution >= 4 is 16.7 Å². The quantitative estimate of drug-likeness (QED) is 0.663.